The Hall–Kier alpha value is -2.95. The molecule has 0 unspecified atom stereocenters. The molecule has 5 heterocycles. The lowest BCUT2D eigenvalue weighted by Gasteiger charge is -2.46. The molecule has 10 heteroatoms. The van der Waals surface area contributed by atoms with Gasteiger partial charge in [0.25, 0.3) is 11.8 Å². The summed E-state index contributed by atoms with van der Waals surface area (Å²) in [6.45, 7) is 4.44. The summed E-state index contributed by atoms with van der Waals surface area (Å²) >= 11 is 0. The molecule has 4 fully saturated rings. The van der Waals surface area contributed by atoms with Crippen LogP contribution in [0.1, 0.15) is 50.2 Å². The summed E-state index contributed by atoms with van der Waals surface area (Å²) in [5.41, 5.74) is 1.96. The maximum absolute atomic E-state index is 13.9. The second-order valence-electron chi connectivity index (χ2n) is 12.1. The number of hydrogen-bond donors (Lipinski definition) is 3. The standard InChI is InChI=1S/C28H35N5O5/c1-15(2)27(26(36)33-14-23(34)32-9-5-8-22(32)28(33,37)38-27)30-25(35)17-10-19-18-6-4-7-20-24(18)16(12-29-20)11-21(19)31(3)13-17/h4,6-7,12,15,17,19,21-22,29,37H,5,8-11,13-14H2,1-3H3,(H,30,35)/t17-,19+,21-,22-,27-,28+/m0/s1. The number of carbonyl (C=O) groups is 3. The average Bonchev–Trinajstić information content (AvgIpc) is 3.59. The predicted molar refractivity (Wildman–Crippen MR) is 137 cm³/mol. The number of ether oxygens (including phenoxy) is 1. The number of H-pyrrole nitrogens is 1. The van der Waals surface area contributed by atoms with E-state index in [4.69, 9.17) is 4.74 Å². The van der Waals surface area contributed by atoms with E-state index in [9.17, 15) is 19.5 Å². The van der Waals surface area contributed by atoms with Gasteiger partial charge in [0.1, 0.15) is 12.6 Å². The summed E-state index contributed by atoms with van der Waals surface area (Å²) in [5, 5.41) is 15.9. The number of piperidine rings is 1. The second-order valence-corrected chi connectivity index (χ2v) is 12.1. The largest absolute Gasteiger partial charge is 0.361 e. The zero-order chi connectivity index (χ0) is 26.6. The van der Waals surface area contributed by atoms with E-state index in [1.54, 1.807) is 18.7 Å². The van der Waals surface area contributed by atoms with Crippen LogP contribution in [0.15, 0.2) is 24.4 Å². The van der Waals surface area contributed by atoms with Gasteiger partial charge in [0.15, 0.2) is 0 Å². The number of rotatable bonds is 3. The number of carbonyl (C=O) groups excluding carboxylic acids is 3. The van der Waals surface area contributed by atoms with Crippen molar-refractivity contribution in [1.82, 2.24) is 25.0 Å². The molecular formula is C28H35N5O5. The highest BCUT2D eigenvalue weighted by Crippen LogP contribution is 2.47. The van der Waals surface area contributed by atoms with Gasteiger partial charge < -0.3 is 25.2 Å². The van der Waals surface area contributed by atoms with Crippen LogP contribution in [0.2, 0.25) is 0 Å². The van der Waals surface area contributed by atoms with Crippen molar-refractivity contribution in [3.05, 3.63) is 35.5 Å². The first-order valence-electron chi connectivity index (χ1n) is 13.8. The number of aromatic nitrogens is 1. The van der Waals surface area contributed by atoms with Gasteiger partial charge in [-0.2, -0.15) is 0 Å². The first-order chi connectivity index (χ1) is 18.1. The minimum atomic E-state index is -1.95. The van der Waals surface area contributed by atoms with E-state index < -0.39 is 29.5 Å². The van der Waals surface area contributed by atoms with Crippen molar-refractivity contribution < 1.29 is 24.2 Å². The summed E-state index contributed by atoms with van der Waals surface area (Å²) in [6.07, 6.45) is 4.96. The van der Waals surface area contributed by atoms with Crippen LogP contribution in [-0.2, 0) is 25.5 Å². The highest BCUT2D eigenvalue weighted by Gasteiger charge is 2.69. The van der Waals surface area contributed by atoms with Crippen LogP contribution in [0.4, 0.5) is 0 Å². The molecule has 0 bridgehead atoms. The lowest BCUT2D eigenvalue weighted by Crippen LogP contribution is -2.67. The minimum absolute atomic E-state index is 0.187. The summed E-state index contributed by atoms with van der Waals surface area (Å²) in [6, 6.07) is 5.98. The molecule has 0 radical (unpaired) electrons. The number of nitrogens with zero attached hydrogens (tertiary/aromatic N) is 3. The quantitative estimate of drug-likeness (QED) is 0.557. The Morgan fingerprint density at radius 1 is 1.29 bits per heavy atom. The van der Waals surface area contributed by atoms with Crippen LogP contribution >= 0.6 is 0 Å². The Balaban J connectivity index is 1.18. The fourth-order valence-corrected chi connectivity index (χ4v) is 7.80. The molecule has 202 valence electrons. The van der Waals surface area contributed by atoms with Crippen molar-refractivity contribution in [2.45, 2.75) is 69.2 Å². The van der Waals surface area contributed by atoms with Gasteiger partial charge in [-0.3, -0.25) is 24.0 Å². The van der Waals surface area contributed by atoms with Crippen LogP contribution in [0.3, 0.4) is 0 Å². The topological polar surface area (TPSA) is 118 Å². The van der Waals surface area contributed by atoms with E-state index in [2.05, 4.69) is 46.6 Å². The van der Waals surface area contributed by atoms with Gasteiger partial charge in [-0.05, 0) is 49.9 Å². The van der Waals surface area contributed by atoms with Crippen LogP contribution in [0, 0.1) is 11.8 Å². The monoisotopic (exact) mass is 521 g/mol. The van der Waals surface area contributed by atoms with E-state index in [-0.39, 0.29) is 30.2 Å². The minimum Gasteiger partial charge on any atom is -0.361 e. The third kappa shape index (κ3) is 3.08. The number of fused-ring (bicyclic) bond motifs is 5. The number of amides is 3. The second kappa shape index (κ2) is 8.03. The Morgan fingerprint density at radius 2 is 2.11 bits per heavy atom. The molecule has 4 saturated heterocycles. The third-order valence-electron chi connectivity index (χ3n) is 9.78. The van der Waals surface area contributed by atoms with Gasteiger partial charge >= 0.3 is 0 Å². The maximum Gasteiger partial charge on any atom is 0.281 e. The van der Waals surface area contributed by atoms with Crippen LogP contribution in [0.5, 0.6) is 0 Å². The molecule has 1 aromatic heterocycles. The van der Waals surface area contributed by atoms with Gasteiger partial charge in [0.05, 0.1) is 5.92 Å². The lowest BCUT2D eigenvalue weighted by molar-refractivity contribution is -0.314. The highest BCUT2D eigenvalue weighted by atomic mass is 16.7. The molecule has 0 saturated carbocycles. The molecular weight excluding hydrogens is 486 g/mol. The van der Waals surface area contributed by atoms with Crippen molar-refractivity contribution >= 4 is 28.6 Å². The van der Waals surface area contributed by atoms with Crippen LogP contribution in [-0.4, -0.2) is 92.9 Å². The Kier molecular flexibility index (Phi) is 5.10. The van der Waals surface area contributed by atoms with Gasteiger partial charge in [0.2, 0.25) is 17.5 Å². The van der Waals surface area contributed by atoms with Crippen molar-refractivity contribution in [2.24, 2.45) is 11.8 Å². The molecule has 10 nitrogen and oxygen atoms in total. The Labute approximate surface area is 221 Å². The van der Waals surface area contributed by atoms with E-state index in [1.165, 1.54) is 16.5 Å². The maximum atomic E-state index is 13.9. The molecule has 2 aromatic rings. The number of hydrogen-bond acceptors (Lipinski definition) is 6. The van der Waals surface area contributed by atoms with E-state index in [0.717, 1.165) is 23.3 Å². The zero-order valence-electron chi connectivity index (χ0n) is 22.1. The number of nitrogens with one attached hydrogen (secondary N) is 2. The van der Waals surface area contributed by atoms with E-state index in [1.807, 2.05) is 0 Å². The molecule has 4 aliphatic heterocycles. The third-order valence-corrected chi connectivity index (χ3v) is 9.78. The molecule has 5 aliphatic rings. The first-order valence-corrected chi connectivity index (χ1v) is 13.8. The average molecular weight is 522 g/mol. The summed E-state index contributed by atoms with van der Waals surface area (Å²) in [4.78, 5) is 48.9. The van der Waals surface area contributed by atoms with Crippen LogP contribution in [0.25, 0.3) is 10.9 Å². The molecule has 3 amide bonds. The highest BCUT2D eigenvalue weighted by molar-refractivity contribution is 5.96. The van der Waals surface area contributed by atoms with Gasteiger partial charge in [0, 0.05) is 48.1 Å². The molecule has 7 rings (SSSR count). The van der Waals surface area contributed by atoms with E-state index >= 15 is 0 Å². The van der Waals surface area contributed by atoms with Crippen molar-refractivity contribution in [1.29, 1.82) is 0 Å². The van der Waals surface area contributed by atoms with E-state index in [0.29, 0.717) is 32.0 Å². The van der Waals surface area contributed by atoms with Gasteiger partial charge in [-0.25, -0.2) is 0 Å². The van der Waals surface area contributed by atoms with Crippen molar-refractivity contribution in [3.8, 4) is 0 Å². The fraction of sp³-hybridized carbons (Fsp3) is 0.607. The molecule has 1 aromatic carbocycles. The molecule has 1 aliphatic carbocycles. The molecule has 3 N–H and O–H groups in total. The van der Waals surface area contributed by atoms with Crippen molar-refractivity contribution in [3.63, 3.8) is 0 Å². The summed E-state index contributed by atoms with van der Waals surface area (Å²) < 4.78 is 6.24. The number of aliphatic hydroxyl groups is 1. The Morgan fingerprint density at radius 3 is 2.89 bits per heavy atom. The number of likely N-dealkylation sites (N-methyl/N-ethyl adjacent to an activating group) is 1. The Bertz CT molecular complexity index is 1360. The summed E-state index contributed by atoms with van der Waals surface area (Å²) in [5.74, 6) is -3.59. The molecule has 0 spiro atoms. The number of piperazine rings is 1. The molecule has 6 atom stereocenters. The van der Waals surface area contributed by atoms with Gasteiger partial charge in [-0.15, -0.1) is 0 Å². The fourth-order valence-electron chi connectivity index (χ4n) is 7.80. The number of likely N-dealkylation sites (tertiary alicyclic amines) is 1. The zero-order valence-corrected chi connectivity index (χ0v) is 22.1. The molecule has 38 heavy (non-hydrogen) atoms. The number of aromatic amines is 1. The lowest BCUT2D eigenvalue weighted by atomic mass is 9.72. The smallest absolute Gasteiger partial charge is 0.281 e. The van der Waals surface area contributed by atoms with Crippen molar-refractivity contribution in [2.75, 3.05) is 26.7 Å². The number of benzene rings is 1. The van der Waals surface area contributed by atoms with Crippen LogP contribution < -0.4 is 5.32 Å². The predicted octanol–water partition coefficient (Wildman–Crippen LogP) is 1.11. The van der Waals surface area contributed by atoms with Gasteiger partial charge in [-0.1, -0.05) is 26.0 Å². The summed E-state index contributed by atoms with van der Waals surface area (Å²) in [7, 11) is 2.06. The first kappa shape index (κ1) is 24.1. The normalized spacial score (nSPS) is 36.6. The SMILES string of the molecule is CC(C)[C@]1(NC(=O)[C@H]2C[C@@H]3c4cccc5[nH]cc(c45)C[C@@H]3N(C)C2)O[C@]2(O)[C@@H]3CCCN3C(=O)CN2C1=O.